The van der Waals surface area contributed by atoms with Crippen LogP contribution in [0, 0.1) is 6.92 Å². The normalized spacial score (nSPS) is 12.3. The molecule has 0 unspecified atom stereocenters. The molecule has 0 bridgehead atoms. The number of alkyl halides is 3. The van der Waals surface area contributed by atoms with E-state index in [2.05, 4.69) is 9.97 Å². The number of rotatable bonds is 0. The summed E-state index contributed by atoms with van der Waals surface area (Å²) >= 11 is 0. The van der Waals surface area contributed by atoms with Gasteiger partial charge in [-0.15, -0.1) is 0 Å². The Morgan fingerprint density at radius 1 is 1.47 bits per heavy atom. The summed E-state index contributed by atoms with van der Waals surface area (Å²) in [5.74, 6) is -0.104. The van der Waals surface area contributed by atoms with E-state index in [1.807, 2.05) is 0 Å². The second-order valence-corrected chi connectivity index (χ2v) is 3.09. The second-order valence-electron chi connectivity index (χ2n) is 3.09. The molecule has 0 aromatic carbocycles. The molecule has 7 heteroatoms. The second kappa shape index (κ2) is 2.85. The third-order valence-electron chi connectivity index (χ3n) is 1.88. The molecule has 80 valence electrons. The summed E-state index contributed by atoms with van der Waals surface area (Å²) in [4.78, 5) is 16.9. The standard InChI is InChI=1S/C8H6F3N3O/c1-4-3-14-5(8(9,10)11)2-6(15)13-7(14)12-4/h2-3H,1H3,(H,12,13,15). The van der Waals surface area contributed by atoms with E-state index in [1.54, 1.807) is 6.92 Å². The van der Waals surface area contributed by atoms with Gasteiger partial charge in [0, 0.05) is 12.3 Å². The van der Waals surface area contributed by atoms with E-state index in [1.165, 1.54) is 6.20 Å². The highest BCUT2D eigenvalue weighted by atomic mass is 19.4. The molecule has 1 N–H and O–H groups in total. The van der Waals surface area contributed by atoms with Crippen LogP contribution in [0.4, 0.5) is 13.2 Å². The number of aromatic nitrogens is 3. The lowest BCUT2D eigenvalue weighted by atomic mass is 10.4. The Morgan fingerprint density at radius 3 is 2.73 bits per heavy atom. The van der Waals surface area contributed by atoms with Crippen molar-refractivity contribution in [2.75, 3.05) is 0 Å². The first-order valence-corrected chi connectivity index (χ1v) is 4.04. The van der Waals surface area contributed by atoms with E-state index < -0.39 is 17.4 Å². The van der Waals surface area contributed by atoms with E-state index in [0.29, 0.717) is 11.8 Å². The molecule has 0 radical (unpaired) electrons. The summed E-state index contributed by atoms with van der Waals surface area (Å²) in [5.41, 5.74) is -1.44. The predicted molar refractivity (Wildman–Crippen MR) is 45.6 cm³/mol. The quantitative estimate of drug-likeness (QED) is 0.724. The third-order valence-corrected chi connectivity index (χ3v) is 1.88. The van der Waals surface area contributed by atoms with E-state index in [-0.39, 0.29) is 5.78 Å². The highest BCUT2D eigenvalue weighted by Crippen LogP contribution is 2.28. The molecule has 0 saturated heterocycles. The maximum atomic E-state index is 12.5. The lowest BCUT2D eigenvalue weighted by Gasteiger charge is -2.07. The first kappa shape index (κ1) is 9.75. The molecule has 0 saturated carbocycles. The van der Waals surface area contributed by atoms with Crippen molar-refractivity contribution in [2.24, 2.45) is 0 Å². The van der Waals surface area contributed by atoms with Gasteiger partial charge in [0.25, 0.3) is 5.56 Å². The van der Waals surface area contributed by atoms with Gasteiger partial charge in [-0.3, -0.25) is 14.2 Å². The van der Waals surface area contributed by atoms with Crippen molar-refractivity contribution in [2.45, 2.75) is 13.1 Å². The number of fused-ring (bicyclic) bond motifs is 1. The molecule has 0 aliphatic rings. The van der Waals surface area contributed by atoms with Crippen LogP contribution in [0.25, 0.3) is 5.78 Å². The van der Waals surface area contributed by atoms with Crippen LogP contribution in [0.1, 0.15) is 11.4 Å². The average molecular weight is 217 g/mol. The van der Waals surface area contributed by atoms with Gasteiger partial charge in [0.2, 0.25) is 5.78 Å². The first-order chi connectivity index (χ1) is 6.88. The highest BCUT2D eigenvalue weighted by molar-refractivity contribution is 5.33. The van der Waals surface area contributed by atoms with Crippen LogP contribution in [-0.2, 0) is 6.18 Å². The minimum absolute atomic E-state index is 0.104. The molecule has 2 rings (SSSR count). The lowest BCUT2D eigenvalue weighted by Crippen LogP contribution is -2.18. The van der Waals surface area contributed by atoms with Crippen molar-refractivity contribution in [1.82, 2.24) is 14.4 Å². The van der Waals surface area contributed by atoms with Crippen molar-refractivity contribution < 1.29 is 13.2 Å². The van der Waals surface area contributed by atoms with Gasteiger partial charge >= 0.3 is 6.18 Å². The predicted octanol–water partition coefficient (Wildman–Crippen LogP) is 1.35. The maximum Gasteiger partial charge on any atom is 0.432 e. The van der Waals surface area contributed by atoms with Crippen LogP contribution in [0.5, 0.6) is 0 Å². The SMILES string of the molecule is Cc1cn2c(C(F)(F)F)cc(=O)[nH]c2n1. The summed E-state index contributed by atoms with van der Waals surface area (Å²) < 4.78 is 38.3. The zero-order valence-corrected chi connectivity index (χ0v) is 7.59. The zero-order valence-electron chi connectivity index (χ0n) is 7.59. The van der Waals surface area contributed by atoms with Gasteiger partial charge in [-0.2, -0.15) is 13.2 Å². The van der Waals surface area contributed by atoms with Gasteiger partial charge in [0.05, 0.1) is 5.69 Å². The van der Waals surface area contributed by atoms with Crippen LogP contribution >= 0.6 is 0 Å². The van der Waals surface area contributed by atoms with Crippen molar-refractivity contribution >= 4 is 5.78 Å². The minimum atomic E-state index is -4.57. The van der Waals surface area contributed by atoms with Gasteiger partial charge in [0.1, 0.15) is 5.69 Å². The van der Waals surface area contributed by atoms with Gasteiger partial charge < -0.3 is 0 Å². The van der Waals surface area contributed by atoms with Crippen LogP contribution in [0.2, 0.25) is 0 Å². The Labute approximate surface area is 81.4 Å². The minimum Gasteiger partial charge on any atom is -0.292 e. The maximum absolute atomic E-state index is 12.5. The number of hydrogen-bond acceptors (Lipinski definition) is 2. The number of nitrogens with zero attached hydrogens (tertiary/aromatic N) is 2. The van der Waals surface area contributed by atoms with E-state index in [4.69, 9.17) is 0 Å². The van der Waals surface area contributed by atoms with Gasteiger partial charge in [-0.25, -0.2) is 4.98 Å². The van der Waals surface area contributed by atoms with Crippen molar-refractivity contribution in [3.05, 3.63) is 34.0 Å². The number of H-pyrrole nitrogens is 1. The lowest BCUT2D eigenvalue weighted by molar-refractivity contribution is -0.142. The number of aryl methyl sites for hydroxylation is 1. The molecule has 2 aromatic rings. The number of imidazole rings is 1. The van der Waals surface area contributed by atoms with Crippen molar-refractivity contribution in [1.29, 1.82) is 0 Å². The number of nitrogens with one attached hydrogen (secondary N) is 1. The largest absolute Gasteiger partial charge is 0.432 e. The topological polar surface area (TPSA) is 50.2 Å². The zero-order chi connectivity index (χ0) is 11.2. The van der Waals surface area contributed by atoms with E-state index >= 15 is 0 Å². The summed E-state index contributed by atoms with van der Waals surface area (Å²) in [6.07, 6.45) is -3.35. The molecule has 0 fully saturated rings. The molecule has 0 spiro atoms. The summed E-state index contributed by atoms with van der Waals surface area (Å²) in [6.45, 7) is 1.55. The van der Waals surface area contributed by atoms with Crippen molar-refractivity contribution in [3.63, 3.8) is 0 Å². The molecule has 2 heterocycles. The Morgan fingerprint density at radius 2 is 2.13 bits per heavy atom. The monoisotopic (exact) mass is 217 g/mol. The van der Waals surface area contributed by atoms with Gasteiger partial charge in [0.15, 0.2) is 0 Å². The Kier molecular flexibility index (Phi) is 1.85. The Balaban J connectivity index is 2.88. The molecular weight excluding hydrogens is 211 g/mol. The van der Waals surface area contributed by atoms with Crippen LogP contribution in [0.15, 0.2) is 17.1 Å². The number of hydrogen-bond donors (Lipinski definition) is 1. The Bertz CT molecular complexity index is 566. The molecule has 0 amide bonds. The fraction of sp³-hybridized carbons (Fsp3) is 0.250. The molecular formula is C8H6F3N3O. The highest BCUT2D eigenvalue weighted by Gasteiger charge is 2.34. The average Bonchev–Trinajstić information content (AvgIpc) is 2.41. The first-order valence-electron chi connectivity index (χ1n) is 4.04. The van der Waals surface area contributed by atoms with Crippen LogP contribution in [0.3, 0.4) is 0 Å². The fourth-order valence-electron chi connectivity index (χ4n) is 1.33. The Hall–Kier alpha value is -1.79. The summed E-state index contributed by atoms with van der Waals surface area (Å²) in [6, 6.07) is 0.508. The third kappa shape index (κ3) is 1.60. The molecule has 0 aliphatic carbocycles. The molecule has 0 atom stereocenters. The molecule has 2 aromatic heterocycles. The smallest absolute Gasteiger partial charge is 0.292 e. The van der Waals surface area contributed by atoms with Crippen molar-refractivity contribution in [3.8, 4) is 0 Å². The fourth-order valence-corrected chi connectivity index (χ4v) is 1.33. The van der Waals surface area contributed by atoms with E-state index in [0.717, 1.165) is 4.40 Å². The number of halogens is 3. The van der Waals surface area contributed by atoms with Gasteiger partial charge in [-0.1, -0.05) is 0 Å². The molecule has 15 heavy (non-hydrogen) atoms. The summed E-state index contributed by atoms with van der Waals surface area (Å²) in [7, 11) is 0. The molecule has 4 nitrogen and oxygen atoms in total. The van der Waals surface area contributed by atoms with E-state index in [9.17, 15) is 18.0 Å². The van der Waals surface area contributed by atoms with Gasteiger partial charge in [-0.05, 0) is 6.92 Å². The molecule has 0 aliphatic heterocycles. The summed E-state index contributed by atoms with van der Waals surface area (Å²) in [5, 5.41) is 0. The van der Waals surface area contributed by atoms with Crippen LogP contribution < -0.4 is 5.56 Å². The van der Waals surface area contributed by atoms with Crippen LogP contribution in [-0.4, -0.2) is 14.4 Å². The number of aromatic amines is 1.